The Balaban J connectivity index is 0.000000720. The van der Waals surface area contributed by atoms with Crippen molar-refractivity contribution in [2.75, 3.05) is 54.1 Å². The lowest BCUT2D eigenvalue weighted by Gasteiger charge is -2.24. The van der Waals surface area contributed by atoms with Crippen molar-refractivity contribution in [1.82, 2.24) is 19.6 Å². The molecule has 0 aromatic carbocycles. The molecule has 1 unspecified atom stereocenters. The van der Waals surface area contributed by atoms with Crippen LogP contribution in [0.2, 0.25) is 0 Å². The molecule has 0 fully saturated rings. The second-order valence-electron chi connectivity index (χ2n) is 7.56. The van der Waals surface area contributed by atoms with Crippen molar-refractivity contribution in [3.05, 3.63) is 18.0 Å². The van der Waals surface area contributed by atoms with E-state index in [1.165, 1.54) is 0 Å². The van der Waals surface area contributed by atoms with Gasteiger partial charge in [0.1, 0.15) is 6.61 Å². The number of amides is 1. The van der Waals surface area contributed by atoms with Crippen molar-refractivity contribution in [2.45, 2.75) is 25.4 Å². The number of nitrogens with zero attached hydrogens (tertiary/aromatic N) is 4. The molecule has 208 valence electrons. The first kappa shape index (κ1) is 33.1. The Bertz CT molecular complexity index is 806. The predicted molar refractivity (Wildman–Crippen MR) is 110 cm³/mol. The first-order chi connectivity index (χ1) is 16.5. The molecular weight excluding hydrogens is 510 g/mol. The maximum absolute atomic E-state index is 12.2. The van der Waals surface area contributed by atoms with Gasteiger partial charge in [-0.05, 0) is 20.2 Å². The lowest BCUT2D eigenvalue weighted by molar-refractivity contribution is -0.193. The predicted octanol–water partition coefficient (Wildman–Crippen LogP) is 1.33. The van der Waals surface area contributed by atoms with Crippen LogP contribution in [0.1, 0.15) is 5.69 Å². The van der Waals surface area contributed by atoms with E-state index in [0.717, 1.165) is 18.8 Å². The molecule has 2 rings (SSSR count). The molecule has 1 aromatic rings. The van der Waals surface area contributed by atoms with E-state index in [-0.39, 0.29) is 18.4 Å². The molecule has 0 saturated carbocycles. The maximum atomic E-state index is 12.2. The van der Waals surface area contributed by atoms with Crippen LogP contribution in [0, 0.1) is 5.92 Å². The summed E-state index contributed by atoms with van der Waals surface area (Å²) in [6.07, 6.45) is -8.39. The number of alkyl halides is 6. The summed E-state index contributed by atoms with van der Waals surface area (Å²) in [5, 5.41) is 18.6. The van der Waals surface area contributed by atoms with Crippen LogP contribution in [0.4, 0.5) is 26.3 Å². The molecule has 17 heteroatoms. The largest absolute Gasteiger partial charge is 0.490 e. The number of aliphatic carboxylic acids is 2. The number of ether oxygens (including phenoxy) is 2. The molecule has 1 aromatic heterocycles. The molecule has 0 radical (unpaired) electrons. The molecule has 2 N–H and O–H groups in total. The number of methoxy groups -OCH3 is 1. The number of rotatable bonds is 7. The molecular formula is C19H28F6N4O7. The Hall–Kier alpha value is -2.92. The van der Waals surface area contributed by atoms with Gasteiger partial charge in [-0.15, -0.1) is 0 Å². The molecule has 36 heavy (non-hydrogen) atoms. The first-order valence-corrected chi connectivity index (χ1v) is 10.1. The Kier molecular flexibility index (Phi) is 14.0. The van der Waals surface area contributed by atoms with Crippen molar-refractivity contribution in [2.24, 2.45) is 5.92 Å². The Labute approximate surface area is 202 Å². The molecule has 2 heterocycles. The van der Waals surface area contributed by atoms with Crippen LogP contribution >= 0.6 is 0 Å². The normalized spacial score (nSPS) is 15.6. The molecule has 1 aliphatic heterocycles. The first-order valence-electron chi connectivity index (χ1n) is 10.1. The van der Waals surface area contributed by atoms with Gasteiger partial charge in [-0.3, -0.25) is 9.48 Å². The van der Waals surface area contributed by atoms with Crippen LogP contribution in [0.25, 0.3) is 0 Å². The van der Waals surface area contributed by atoms with Crippen LogP contribution in [0.3, 0.4) is 0 Å². The van der Waals surface area contributed by atoms with Gasteiger partial charge in [-0.1, -0.05) is 0 Å². The number of halogens is 6. The molecule has 0 spiro atoms. The summed E-state index contributed by atoms with van der Waals surface area (Å²) in [7, 11) is 5.59. The van der Waals surface area contributed by atoms with Crippen molar-refractivity contribution in [3.63, 3.8) is 0 Å². The zero-order valence-electron chi connectivity index (χ0n) is 19.7. The highest BCUT2D eigenvalue weighted by atomic mass is 19.4. The van der Waals surface area contributed by atoms with Crippen LogP contribution in [-0.4, -0.2) is 114 Å². The number of aromatic nitrogens is 2. The third kappa shape index (κ3) is 13.8. The maximum Gasteiger partial charge on any atom is 0.490 e. The number of hydrogen-bond acceptors (Lipinski definition) is 7. The van der Waals surface area contributed by atoms with E-state index in [9.17, 15) is 31.1 Å². The highest BCUT2D eigenvalue weighted by Gasteiger charge is 2.38. The zero-order chi connectivity index (χ0) is 28.1. The minimum atomic E-state index is -5.08. The number of fused-ring (bicyclic) bond motifs is 1. The summed E-state index contributed by atoms with van der Waals surface area (Å²) >= 11 is 0. The van der Waals surface area contributed by atoms with Gasteiger partial charge in [0, 0.05) is 38.9 Å². The fourth-order valence-corrected chi connectivity index (χ4v) is 2.54. The van der Waals surface area contributed by atoms with E-state index in [2.05, 4.69) is 10.00 Å². The van der Waals surface area contributed by atoms with Gasteiger partial charge in [0.25, 0.3) is 0 Å². The van der Waals surface area contributed by atoms with E-state index in [4.69, 9.17) is 29.3 Å². The number of carboxylic acid groups (broad SMARTS) is 2. The Morgan fingerprint density at radius 2 is 1.61 bits per heavy atom. The Morgan fingerprint density at radius 1 is 1.08 bits per heavy atom. The van der Waals surface area contributed by atoms with Gasteiger partial charge in [-0.25, -0.2) is 9.59 Å². The van der Waals surface area contributed by atoms with Gasteiger partial charge in [0.15, 0.2) is 0 Å². The Morgan fingerprint density at radius 3 is 2.06 bits per heavy atom. The summed E-state index contributed by atoms with van der Waals surface area (Å²) in [5.41, 5.74) is 1.06. The highest BCUT2D eigenvalue weighted by Crippen LogP contribution is 2.17. The van der Waals surface area contributed by atoms with Gasteiger partial charge in [-0.2, -0.15) is 31.4 Å². The van der Waals surface area contributed by atoms with Crippen LogP contribution in [-0.2, 0) is 36.9 Å². The van der Waals surface area contributed by atoms with Crippen molar-refractivity contribution < 1.29 is 60.4 Å². The number of likely N-dealkylation sites (N-methyl/N-ethyl adjacent to an activating group) is 1. The van der Waals surface area contributed by atoms with E-state index in [1.54, 1.807) is 13.3 Å². The minimum absolute atomic E-state index is 0.00967. The molecule has 11 nitrogen and oxygen atoms in total. The van der Waals surface area contributed by atoms with E-state index < -0.39 is 24.3 Å². The number of carbonyl (C=O) groups excluding carboxylic acids is 1. The summed E-state index contributed by atoms with van der Waals surface area (Å²) in [4.78, 5) is 33.9. The monoisotopic (exact) mass is 538 g/mol. The van der Waals surface area contributed by atoms with Crippen molar-refractivity contribution >= 4 is 17.8 Å². The molecule has 0 saturated heterocycles. The van der Waals surface area contributed by atoms with E-state index in [0.29, 0.717) is 26.3 Å². The summed E-state index contributed by atoms with van der Waals surface area (Å²) in [6.45, 7) is 4.37. The van der Waals surface area contributed by atoms with Crippen molar-refractivity contribution in [1.29, 1.82) is 0 Å². The van der Waals surface area contributed by atoms with Gasteiger partial charge < -0.3 is 29.5 Å². The second kappa shape index (κ2) is 15.2. The standard InChI is InChI=1S/C15H26N4O3.2C2HF3O2/c1-17(2)6-7-22-11-13-8-18(15(20)12-21-3)10-14-4-5-16-19(14)9-13;2*3-2(4,5)1(6)7/h4-5,13H,6-12H2,1-3H3;2*(H,6,7). The smallest absolute Gasteiger partial charge is 0.475 e. The van der Waals surface area contributed by atoms with Crippen LogP contribution in [0.5, 0.6) is 0 Å². The number of carboxylic acids is 2. The number of hydrogen-bond donors (Lipinski definition) is 2. The zero-order valence-corrected chi connectivity index (χ0v) is 19.7. The summed E-state index contributed by atoms with van der Waals surface area (Å²) < 4.78 is 76.2. The highest BCUT2D eigenvalue weighted by molar-refractivity contribution is 5.77. The molecule has 1 aliphatic rings. The fourth-order valence-electron chi connectivity index (χ4n) is 2.54. The van der Waals surface area contributed by atoms with Crippen LogP contribution < -0.4 is 0 Å². The topological polar surface area (TPSA) is 134 Å². The van der Waals surface area contributed by atoms with Crippen molar-refractivity contribution in [3.8, 4) is 0 Å². The third-order valence-electron chi connectivity index (χ3n) is 4.21. The lowest BCUT2D eigenvalue weighted by Crippen LogP contribution is -2.37. The van der Waals surface area contributed by atoms with Gasteiger partial charge in [0.05, 0.1) is 25.5 Å². The SMILES string of the molecule is COCC(=O)N1Cc2ccnn2CC(COCCN(C)C)C1.O=C(O)C(F)(F)F.O=C(O)C(F)(F)F. The fraction of sp³-hybridized carbons (Fsp3) is 0.684. The third-order valence-corrected chi connectivity index (χ3v) is 4.21. The minimum Gasteiger partial charge on any atom is -0.475 e. The molecule has 0 aliphatic carbocycles. The second-order valence-corrected chi connectivity index (χ2v) is 7.56. The average molecular weight is 538 g/mol. The quantitative estimate of drug-likeness (QED) is 0.390. The van der Waals surface area contributed by atoms with Crippen LogP contribution in [0.15, 0.2) is 12.3 Å². The van der Waals surface area contributed by atoms with E-state index >= 15 is 0 Å². The molecule has 0 bridgehead atoms. The van der Waals surface area contributed by atoms with Gasteiger partial charge in [0.2, 0.25) is 5.91 Å². The molecule has 1 amide bonds. The van der Waals surface area contributed by atoms with E-state index in [1.807, 2.05) is 29.7 Å². The van der Waals surface area contributed by atoms with Gasteiger partial charge >= 0.3 is 24.3 Å². The average Bonchev–Trinajstić information content (AvgIpc) is 3.08. The summed E-state index contributed by atoms with van der Waals surface area (Å²) in [5.74, 6) is -5.26. The number of carbonyl (C=O) groups is 3. The lowest BCUT2D eigenvalue weighted by atomic mass is 10.1. The molecule has 1 atom stereocenters. The summed E-state index contributed by atoms with van der Waals surface area (Å²) in [6, 6.07) is 1.96.